The molecule has 116 valence electrons. The Morgan fingerprint density at radius 3 is 2.52 bits per heavy atom. The van der Waals surface area contributed by atoms with Crippen LogP contribution in [0.4, 0.5) is 0 Å². The first-order valence-corrected chi connectivity index (χ1v) is 8.24. The van der Waals surface area contributed by atoms with Crippen molar-refractivity contribution < 1.29 is 18.4 Å². The molecule has 1 rings (SSSR count). The van der Waals surface area contributed by atoms with Crippen LogP contribution in [0.1, 0.15) is 18.4 Å². The minimum atomic E-state index is -3.16. The summed E-state index contributed by atoms with van der Waals surface area (Å²) in [6, 6.07) is 8.57. The molecule has 0 aliphatic heterocycles. The number of carbonyl (C=O) groups excluding carboxylic acids is 1. The van der Waals surface area contributed by atoms with Crippen LogP contribution in [0, 0.1) is 0 Å². The maximum atomic E-state index is 12.1. The normalized spacial score (nSPS) is 13.7. The molecule has 0 aromatic heterocycles. The third kappa shape index (κ3) is 5.07. The Kier molecular flexibility index (Phi) is 6.16. The monoisotopic (exact) mass is 313 g/mol. The highest BCUT2D eigenvalue weighted by Crippen LogP contribution is 2.15. The maximum Gasteiger partial charge on any atom is 0.235 e. The van der Waals surface area contributed by atoms with Gasteiger partial charge in [0, 0.05) is 12.3 Å². The number of benzene rings is 1. The van der Waals surface area contributed by atoms with Crippen LogP contribution in [0.15, 0.2) is 35.5 Å². The Hall–Kier alpha value is -2.09. The minimum absolute atomic E-state index is 0.0168. The molecule has 1 aromatic rings. The van der Waals surface area contributed by atoms with E-state index in [0.717, 1.165) is 0 Å². The SMILES string of the molecule is CCS(=O)(=O)CCNC(=O)C(/C(N)=N/O)c1ccccc1. The predicted octanol–water partition coefficient (Wildman–Crippen LogP) is 0.0675. The van der Waals surface area contributed by atoms with Crippen molar-refractivity contribution in [2.45, 2.75) is 12.8 Å². The van der Waals surface area contributed by atoms with Crippen molar-refractivity contribution in [2.24, 2.45) is 10.9 Å². The Morgan fingerprint density at radius 2 is 2.00 bits per heavy atom. The van der Waals surface area contributed by atoms with Crippen molar-refractivity contribution in [3.8, 4) is 0 Å². The second kappa shape index (κ2) is 7.63. The summed E-state index contributed by atoms with van der Waals surface area (Å²) < 4.78 is 22.7. The Labute approximate surface area is 123 Å². The molecule has 1 amide bonds. The first-order valence-electron chi connectivity index (χ1n) is 6.41. The summed E-state index contributed by atoms with van der Waals surface area (Å²) in [5.74, 6) is -1.85. The molecule has 0 saturated carbocycles. The van der Waals surface area contributed by atoms with Gasteiger partial charge in [0.2, 0.25) is 5.91 Å². The fourth-order valence-corrected chi connectivity index (χ4v) is 2.44. The lowest BCUT2D eigenvalue weighted by Gasteiger charge is -2.15. The predicted molar refractivity (Wildman–Crippen MR) is 79.9 cm³/mol. The largest absolute Gasteiger partial charge is 0.409 e. The quantitative estimate of drug-likeness (QED) is 0.284. The van der Waals surface area contributed by atoms with E-state index in [1.807, 2.05) is 0 Å². The zero-order valence-electron chi connectivity index (χ0n) is 11.7. The summed E-state index contributed by atoms with van der Waals surface area (Å²) in [7, 11) is -3.16. The molecule has 1 unspecified atom stereocenters. The minimum Gasteiger partial charge on any atom is -0.409 e. The Bertz CT molecular complexity index is 599. The number of hydrogen-bond acceptors (Lipinski definition) is 5. The zero-order chi connectivity index (χ0) is 15.9. The molecule has 0 bridgehead atoms. The van der Waals surface area contributed by atoms with Gasteiger partial charge < -0.3 is 16.3 Å². The highest BCUT2D eigenvalue weighted by atomic mass is 32.2. The summed E-state index contributed by atoms with van der Waals surface area (Å²) in [5, 5.41) is 14.2. The molecule has 1 aromatic carbocycles. The number of nitrogens with one attached hydrogen (secondary N) is 1. The van der Waals surface area contributed by atoms with Crippen LogP contribution in [0.2, 0.25) is 0 Å². The van der Waals surface area contributed by atoms with Crippen LogP contribution in [0.25, 0.3) is 0 Å². The lowest BCUT2D eigenvalue weighted by molar-refractivity contribution is -0.121. The second-order valence-corrected chi connectivity index (χ2v) is 6.87. The van der Waals surface area contributed by atoms with Crippen LogP contribution < -0.4 is 11.1 Å². The van der Waals surface area contributed by atoms with Gasteiger partial charge in [-0.05, 0) is 5.56 Å². The van der Waals surface area contributed by atoms with Crippen LogP contribution in [0.5, 0.6) is 0 Å². The van der Waals surface area contributed by atoms with E-state index in [2.05, 4.69) is 10.5 Å². The zero-order valence-corrected chi connectivity index (χ0v) is 12.5. The lowest BCUT2D eigenvalue weighted by atomic mass is 9.97. The van der Waals surface area contributed by atoms with Crippen LogP contribution in [0.3, 0.4) is 0 Å². The van der Waals surface area contributed by atoms with Crippen molar-refractivity contribution >= 4 is 21.6 Å². The lowest BCUT2D eigenvalue weighted by Crippen LogP contribution is -2.39. The molecule has 21 heavy (non-hydrogen) atoms. The fraction of sp³-hybridized carbons (Fsp3) is 0.385. The molecule has 8 heteroatoms. The number of carbonyl (C=O) groups is 1. The third-order valence-corrected chi connectivity index (χ3v) is 4.66. The second-order valence-electron chi connectivity index (χ2n) is 4.40. The fourth-order valence-electron chi connectivity index (χ4n) is 1.74. The standard InChI is InChI=1S/C13H19N3O4S/c1-2-21(19,20)9-8-15-13(17)11(12(14)16-18)10-6-4-3-5-7-10/h3-7,11,18H,2,8-9H2,1H3,(H2,14,16)(H,15,17). The van der Waals surface area contributed by atoms with E-state index in [1.54, 1.807) is 37.3 Å². The van der Waals surface area contributed by atoms with E-state index in [0.29, 0.717) is 5.56 Å². The smallest absolute Gasteiger partial charge is 0.235 e. The molecule has 7 nitrogen and oxygen atoms in total. The van der Waals surface area contributed by atoms with Gasteiger partial charge in [-0.3, -0.25) is 4.79 Å². The average Bonchev–Trinajstić information content (AvgIpc) is 2.48. The summed E-state index contributed by atoms with van der Waals surface area (Å²) in [6.07, 6.45) is 0. The van der Waals surface area contributed by atoms with Crippen molar-refractivity contribution in [3.63, 3.8) is 0 Å². The highest BCUT2D eigenvalue weighted by molar-refractivity contribution is 7.91. The van der Waals surface area contributed by atoms with Gasteiger partial charge in [-0.15, -0.1) is 0 Å². The molecular weight excluding hydrogens is 294 g/mol. The topological polar surface area (TPSA) is 122 Å². The molecule has 4 N–H and O–H groups in total. The summed E-state index contributed by atoms with van der Waals surface area (Å²) in [6.45, 7) is 1.53. The number of sulfone groups is 1. The van der Waals surface area contributed by atoms with E-state index in [1.165, 1.54) is 0 Å². The Morgan fingerprint density at radius 1 is 1.38 bits per heavy atom. The number of nitrogens with zero attached hydrogens (tertiary/aromatic N) is 1. The van der Waals surface area contributed by atoms with Crippen LogP contribution in [-0.2, 0) is 14.6 Å². The first-order chi connectivity index (χ1) is 9.91. The number of oxime groups is 1. The molecule has 0 heterocycles. The molecule has 0 radical (unpaired) electrons. The highest BCUT2D eigenvalue weighted by Gasteiger charge is 2.25. The van der Waals surface area contributed by atoms with Gasteiger partial charge >= 0.3 is 0 Å². The van der Waals surface area contributed by atoms with Gasteiger partial charge in [-0.1, -0.05) is 42.4 Å². The number of amides is 1. The number of amidine groups is 1. The molecule has 0 spiro atoms. The van der Waals surface area contributed by atoms with E-state index >= 15 is 0 Å². The van der Waals surface area contributed by atoms with Gasteiger partial charge in [0.1, 0.15) is 5.92 Å². The third-order valence-electron chi connectivity index (χ3n) is 2.96. The van der Waals surface area contributed by atoms with Gasteiger partial charge in [0.05, 0.1) is 5.75 Å². The number of nitrogens with two attached hydrogens (primary N) is 1. The molecule has 0 fully saturated rings. The first kappa shape index (κ1) is 17.0. The van der Waals surface area contributed by atoms with E-state index in [9.17, 15) is 13.2 Å². The van der Waals surface area contributed by atoms with Crippen molar-refractivity contribution in [1.82, 2.24) is 5.32 Å². The summed E-state index contributed by atoms with van der Waals surface area (Å²) in [4.78, 5) is 12.1. The van der Waals surface area contributed by atoms with Crippen LogP contribution >= 0.6 is 0 Å². The van der Waals surface area contributed by atoms with Gasteiger partial charge in [-0.2, -0.15) is 0 Å². The number of hydrogen-bond donors (Lipinski definition) is 3. The van der Waals surface area contributed by atoms with E-state index in [4.69, 9.17) is 10.9 Å². The Balaban J connectivity index is 2.79. The molecule has 0 aliphatic carbocycles. The van der Waals surface area contributed by atoms with E-state index in [-0.39, 0.29) is 23.9 Å². The average molecular weight is 313 g/mol. The molecule has 1 atom stereocenters. The van der Waals surface area contributed by atoms with Gasteiger partial charge in [0.15, 0.2) is 15.7 Å². The van der Waals surface area contributed by atoms with Crippen LogP contribution in [-0.4, -0.2) is 43.4 Å². The summed E-state index contributed by atoms with van der Waals surface area (Å²) in [5.41, 5.74) is 6.11. The number of rotatable bonds is 7. The van der Waals surface area contributed by atoms with Crippen molar-refractivity contribution in [3.05, 3.63) is 35.9 Å². The van der Waals surface area contributed by atoms with Crippen molar-refractivity contribution in [2.75, 3.05) is 18.1 Å². The molecular formula is C13H19N3O4S. The van der Waals surface area contributed by atoms with Gasteiger partial charge in [0.25, 0.3) is 0 Å². The molecule has 0 saturated heterocycles. The molecule has 0 aliphatic rings. The van der Waals surface area contributed by atoms with E-state index < -0.39 is 21.7 Å². The maximum absolute atomic E-state index is 12.1. The van der Waals surface area contributed by atoms with Crippen molar-refractivity contribution in [1.29, 1.82) is 0 Å². The van der Waals surface area contributed by atoms with Gasteiger partial charge in [-0.25, -0.2) is 8.42 Å². The summed E-state index contributed by atoms with van der Waals surface area (Å²) >= 11 is 0.